The largest absolute Gasteiger partial charge is 0.481 e. The zero-order chi connectivity index (χ0) is 42.4. The minimum absolute atomic E-state index is 0.0542. The number of anilines is 4. The van der Waals surface area contributed by atoms with Gasteiger partial charge in [-0.25, -0.2) is 18.4 Å². The number of guanidine groups is 1. The monoisotopic (exact) mass is 836 g/mol. The number of hydrogen-bond acceptors (Lipinski definition) is 12. The molecule has 0 saturated carbocycles. The fourth-order valence-electron chi connectivity index (χ4n) is 9.32. The molecule has 0 spiro atoms. The minimum Gasteiger partial charge on any atom is -0.481 e. The van der Waals surface area contributed by atoms with Crippen molar-refractivity contribution in [3.05, 3.63) is 71.4 Å². The number of nitrogens with one attached hydrogen (secondary N) is 2. The van der Waals surface area contributed by atoms with Crippen LogP contribution in [0.15, 0.2) is 53.7 Å². The van der Waals surface area contributed by atoms with Crippen molar-refractivity contribution < 1.29 is 32.6 Å². The molecule has 0 radical (unpaired) electrons. The Morgan fingerprint density at radius 1 is 0.869 bits per heavy atom. The number of aryl methyl sites for hydroxylation is 1. The third kappa shape index (κ3) is 8.10. The number of hydrogen-bond donors (Lipinski definition) is 2. The molecule has 2 bridgehead atoms. The first-order valence-electron chi connectivity index (χ1n) is 21.1. The molecule has 9 rings (SSSR count). The van der Waals surface area contributed by atoms with Gasteiger partial charge in [0.15, 0.2) is 0 Å². The van der Waals surface area contributed by atoms with Gasteiger partial charge in [-0.3, -0.25) is 24.6 Å². The number of halogens is 2. The summed E-state index contributed by atoms with van der Waals surface area (Å²) in [5.41, 5.74) is 4.66. The van der Waals surface area contributed by atoms with Crippen LogP contribution in [0, 0.1) is 17.6 Å². The van der Waals surface area contributed by atoms with Gasteiger partial charge in [0.25, 0.3) is 5.91 Å². The molecule has 2 atom stereocenters. The maximum absolute atomic E-state index is 15.3. The van der Waals surface area contributed by atoms with Crippen molar-refractivity contribution in [1.29, 1.82) is 0 Å². The molecule has 0 unspecified atom stereocenters. The number of aliphatic imine (C=N–C) groups is 1. The summed E-state index contributed by atoms with van der Waals surface area (Å²) in [7, 11) is 3.33. The quantitative estimate of drug-likeness (QED) is 0.251. The molecule has 320 valence electrons. The van der Waals surface area contributed by atoms with Crippen molar-refractivity contribution in [3.63, 3.8) is 0 Å². The second-order valence-corrected chi connectivity index (χ2v) is 16.6. The van der Waals surface area contributed by atoms with Crippen molar-refractivity contribution in [3.8, 4) is 23.0 Å². The smallest absolute Gasteiger partial charge is 0.280 e. The zero-order valence-electron chi connectivity index (χ0n) is 34.6. The van der Waals surface area contributed by atoms with E-state index in [0.717, 1.165) is 68.9 Å². The molecule has 17 heteroatoms. The van der Waals surface area contributed by atoms with Crippen LogP contribution >= 0.6 is 0 Å². The Morgan fingerprint density at radius 3 is 2.36 bits per heavy atom. The number of aromatic nitrogens is 3. The van der Waals surface area contributed by atoms with Gasteiger partial charge in [0.05, 0.1) is 48.5 Å². The number of rotatable bonds is 5. The Morgan fingerprint density at radius 2 is 1.62 bits per heavy atom. The van der Waals surface area contributed by atoms with Gasteiger partial charge in [-0.2, -0.15) is 10.1 Å². The number of ether oxygens (including phenoxy) is 2. The Balaban J connectivity index is 0.865. The average Bonchev–Trinajstić information content (AvgIpc) is 3.80. The normalized spacial score (nSPS) is 22.5. The van der Waals surface area contributed by atoms with Crippen LogP contribution in [0.25, 0.3) is 11.3 Å². The van der Waals surface area contributed by atoms with Crippen molar-refractivity contribution >= 4 is 46.4 Å². The van der Waals surface area contributed by atoms with E-state index in [-0.39, 0.29) is 30.2 Å². The minimum atomic E-state index is -1.02. The van der Waals surface area contributed by atoms with E-state index in [4.69, 9.17) is 9.47 Å². The number of pyridine rings is 1. The van der Waals surface area contributed by atoms with Crippen molar-refractivity contribution in [2.75, 3.05) is 79.5 Å². The Labute approximate surface area is 352 Å². The number of carbonyl (C=O) groups is 3. The predicted octanol–water partition coefficient (Wildman–Crippen LogP) is 5.32. The van der Waals surface area contributed by atoms with Crippen LogP contribution in [-0.4, -0.2) is 109 Å². The predicted molar refractivity (Wildman–Crippen MR) is 227 cm³/mol. The third-order valence-electron chi connectivity index (χ3n) is 12.7. The summed E-state index contributed by atoms with van der Waals surface area (Å²) in [5, 5.41) is 10.0. The van der Waals surface area contributed by atoms with E-state index in [0.29, 0.717) is 66.6 Å². The lowest BCUT2D eigenvalue weighted by molar-refractivity contribution is -0.134. The molecule has 5 aliphatic rings. The number of methoxy groups -OCH3 is 1. The second-order valence-electron chi connectivity index (χ2n) is 16.6. The van der Waals surface area contributed by atoms with E-state index in [1.165, 1.54) is 19.2 Å². The van der Waals surface area contributed by atoms with Gasteiger partial charge in [0.1, 0.15) is 11.6 Å². The Bertz CT molecular complexity index is 2370. The average molecular weight is 837 g/mol. The fraction of sp³-hybridized carbons (Fsp3) is 0.455. The summed E-state index contributed by atoms with van der Waals surface area (Å²) in [6.07, 6.45) is 5.26. The molecule has 0 aliphatic carbocycles. The van der Waals surface area contributed by atoms with E-state index >= 15 is 8.78 Å². The number of piperidine rings is 2. The van der Waals surface area contributed by atoms with Crippen molar-refractivity contribution in [2.45, 2.75) is 57.4 Å². The highest BCUT2D eigenvalue weighted by molar-refractivity contribution is 6.19. The standard InChI is InChI=1S/C44H50F2N10O5/c1-26-5-4-18-61-43-32(24-47-52(43)2)36-19-27(20-39(48-36)60-3)41(58)51-44-49-35-8-6-29(23-37(35)56(44)25-26)55-16-14-54(15-17-55)28-10-12-53(13-11-28)30-21-33(45)40(34(46)22-30)31-7-9-38(57)50-42(31)59/h6,8,19-24,26,28,31H,4-5,7,9-18,25H2,1-3H3,(H,49,51,58)(H,50,57,59)/t26-,31-/m1/s1. The van der Waals surface area contributed by atoms with Crippen LogP contribution in [0.5, 0.6) is 11.8 Å². The molecule has 3 saturated heterocycles. The molecule has 3 fully saturated rings. The summed E-state index contributed by atoms with van der Waals surface area (Å²) in [5.74, 6) is -2.45. The molecule has 15 nitrogen and oxygen atoms in total. The van der Waals surface area contributed by atoms with E-state index < -0.39 is 35.3 Å². The maximum Gasteiger partial charge on any atom is 0.280 e. The van der Waals surface area contributed by atoms with Crippen LogP contribution in [-0.2, 0) is 16.6 Å². The zero-order valence-corrected chi connectivity index (χ0v) is 34.6. The highest BCUT2D eigenvalue weighted by atomic mass is 19.1. The number of amides is 3. The van der Waals surface area contributed by atoms with E-state index in [1.807, 2.05) is 11.9 Å². The number of carbonyl (C=O) groups excluding carboxylic acids is 3. The third-order valence-corrected chi connectivity index (χ3v) is 12.7. The lowest BCUT2D eigenvalue weighted by atomic mass is 9.89. The Hall–Kier alpha value is -6.10. The molecule has 7 heterocycles. The van der Waals surface area contributed by atoms with Crippen molar-refractivity contribution in [1.82, 2.24) is 25.0 Å². The second kappa shape index (κ2) is 16.7. The van der Waals surface area contributed by atoms with Gasteiger partial charge in [-0.1, -0.05) is 6.92 Å². The highest BCUT2D eigenvalue weighted by Crippen LogP contribution is 2.39. The topological polar surface area (TPSA) is 150 Å². The van der Waals surface area contributed by atoms with Crippen LogP contribution in [0.4, 0.5) is 31.5 Å². The first kappa shape index (κ1) is 40.3. The van der Waals surface area contributed by atoms with Crippen LogP contribution < -0.4 is 34.8 Å². The Kier molecular flexibility index (Phi) is 11.1. The molecule has 3 amide bonds. The number of benzene rings is 2. The highest BCUT2D eigenvalue weighted by Gasteiger charge is 2.35. The number of piperazine rings is 1. The van der Waals surface area contributed by atoms with Gasteiger partial charge in [0.2, 0.25) is 29.5 Å². The summed E-state index contributed by atoms with van der Waals surface area (Å²) in [4.78, 5) is 56.1. The summed E-state index contributed by atoms with van der Waals surface area (Å²) >= 11 is 0. The van der Waals surface area contributed by atoms with Crippen LogP contribution in [0.2, 0.25) is 0 Å². The number of fused-ring (bicyclic) bond motifs is 7. The van der Waals surface area contributed by atoms with Crippen molar-refractivity contribution in [2.24, 2.45) is 18.0 Å². The number of nitrogens with zero attached hydrogens (tertiary/aromatic N) is 8. The summed E-state index contributed by atoms with van der Waals surface area (Å²) < 4.78 is 44.0. The molecule has 4 aromatic rings. The molecule has 2 aromatic carbocycles. The van der Waals surface area contributed by atoms with E-state index in [2.05, 4.69) is 65.5 Å². The van der Waals surface area contributed by atoms with Gasteiger partial charge < -0.3 is 29.5 Å². The maximum atomic E-state index is 15.3. The molecular formula is C44H50F2N10O5. The molecule has 5 aliphatic heterocycles. The van der Waals surface area contributed by atoms with E-state index in [1.54, 1.807) is 23.0 Å². The van der Waals surface area contributed by atoms with E-state index in [9.17, 15) is 14.4 Å². The summed E-state index contributed by atoms with van der Waals surface area (Å²) in [6.45, 7) is 8.10. The fourth-order valence-corrected chi connectivity index (χ4v) is 9.32. The molecular weight excluding hydrogens is 787 g/mol. The van der Waals surface area contributed by atoms with Gasteiger partial charge in [-0.15, -0.1) is 0 Å². The van der Waals surface area contributed by atoms with Crippen LogP contribution in [0.3, 0.4) is 0 Å². The first-order valence-corrected chi connectivity index (χ1v) is 21.1. The number of imide groups is 1. The van der Waals surface area contributed by atoms with Crippen LogP contribution in [0.1, 0.15) is 67.3 Å². The van der Waals surface area contributed by atoms with Gasteiger partial charge in [-0.05, 0) is 74.4 Å². The molecule has 61 heavy (non-hydrogen) atoms. The molecule has 2 N–H and O–H groups in total. The summed E-state index contributed by atoms with van der Waals surface area (Å²) in [6, 6.07) is 12.6. The SMILES string of the molecule is COc1cc2cc(n1)-c1cnn(C)c1OCCC[C@@H](C)CN1/C(=N/C2=O)Nc2ccc(N3CCN(C4CCN(c5cc(F)c([C@H]6CCC(=O)NC6=O)c(F)c5)CC4)CC3)cc21. The van der Waals surface area contributed by atoms with Gasteiger partial charge >= 0.3 is 0 Å². The van der Waals surface area contributed by atoms with Gasteiger partial charge in [0, 0.05) is 93.9 Å². The first-order chi connectivity index (χ1) is 29.5. The molecule has 2 aromatic heterocycles. The lowest BCUT2D eigenvalue weighted by Gasteiger charge is -2.44. The lowest BCUT2D eigenvalue weighted by Crippen LogP contribution is -2.53.